The van der Waals surface area contributed by atoms with Crippen LogP contribution in [0.2, 0.25) is 5.02 Å². The minimum absolute atomic E-state index is 0.0728. The van der Waals surface area contributed by atoms with E-state index in [1.54, 1.807) is 11.0 Å². The molecule has 0 spiro atoms. The molecule has 17 heavy (non-hydrogen) atoms. The highest BCUT2D eigenvalue weighted by Crippen LogP contribution is 2.30. The van der Waals surface area contributed by atoms with Gasteiger partial charge in [-0.25, -0.2) is 0 Å². The second-order valence-corrected chi connectivity index (χ2v) is 4.55. The first kappa shape index (κ1) is 12.2. The molecule has 0 unspecified atom stereocenters. The summed E-state index contributed by atoms with van der Waals surface area (Å²) in [6, 6.07) is 4.62. The summed E-state index contributed by atoms with van der Waals surface area (Å²) in [5, 5.41) is 19.0. The maximum atomic E-state index is 12.2. The van der Waals surface area contributed by atoms with Crippen molar-refractivity contribution in [2.75, 3.05) is 13.2 Å². The summed E-state index contributed by atoms with van der Waals surface area (Å²) in [5.41, 5.74) is 0.231. The first-order valence-corrected chi connectivity index (χ1v) is 5.91. The largest absolute Gasteiger partial charge is 0.507 e. The monoisotopic (exact) mass is 255 g/mol. The Kier molecular flexibility index (Phi) is 3.54. The van der Waals surface area contributed by atoms with Crippen molar-refractivity contribution in [2.24, 2.45) is 0 Å². The van der Waals surface area contributed by atoms with E-state index in [9.17, 15) is 9.90 Å². The molecule has 0 aliphatic heterocycles. The average Bonchev–Trinajstić information content (AvgIpc) is 3.09. The lowest BCUT2D eigenvalue weighted by atomic mass is 10.1. The highest BCUT2D eigenvalue weighted by Gasteiger charge is 2.33. The fourth-order valence-electron chi connectivity index (χ4n) is 1.78. The van der Waals surface area contributed by atoms with Crippen LogP contribution < -0.4 is 0 Å². The number of phenols is 1. The number of carbonyl (C=O) groups excluding carboxylic acids is 1. The molecule has 4 nitrogen and oxygen atoms in total. The van der Waals surface area contributed by atoms with Crippen molar-refractivity contribution in [1.29, 1.82) is 0 Å². The molecule has 0 heterocycles. The average molecular weight is 256 g/mol. The van der Waals surface area contributed by atoms with Gasteiger partial charge in [0, 0.05) is 17.6 Å². The number of nitrogens with zero attached hydrogens (tertiary/aromatic N) is 1. The number of phenolic OH excluding ortho intramolecular Hbond substituents is 1. The van der Waals surface area contributed by atoms with Crippen molar-refractivity contribution in [1.82, 2.24) is 4.90 Å². The van der Waals surface area contributed by atoms with Crippen LogP contribution in [0, 0.1) is 0 Å². The molecule has 1 aromatic carbocycles. The molecule has 1 fully saturated rings. The third kappa shape index (κ3) is 2.70. The molecule has 92 valence electrons. The molecule has 1 aliphatic rings. The predicted octanol–water partition coefficient (Wildman–Crippen LogP) is 1.64. The maximum absolute atomic E-state index is 12.2. The van der Waals surface area contributed by atoms with Crippen LogP contribution in [-0.4, -0.2) is 40.2 Å². The summed E-state index contributed by atoms with van der Waals surface area (Å²) in [4.78, 5) is 13.8. The summed E-state index contributed by atoms with van der Waals surface area (Å²) in [6.07, 6.45) is 1.92. The fourth-order valence-corrected chi connectivity index (χ4v) is 1.95. The van der Waals surface area contributed by atoms with Gasteiger partial charge in [0.05, 0.1) is 12.2 Å². The van der Waals surface area contributed by atoms with Crippen LogP contribution in [0.25, 0.3) is 0 Å². The highest BCUT2D eigenvalue weighted by atomic mass is 35.5. The number of carbonyl (C=O) groups is 1. The molecule has 2 rings (SSSR count). The number of aliphatic hydroxyl groups is 1. The van der Waals surface area contributed by atoms with Gasteiger partial charge in [-0.1, -0.05) is 11.6 Å². The van der Waals surface area contributed by atoms with Crippen molar-refractivity contribution in [3.63, 3.8) is 0 Å². The number of aromatic hydroxyl groups is 1. The van der Waals surface area contributed by atoms with Gasteiger partial charge in [0.1, 0.15) is 5.75 Å². The summed E-state index contributed by atoms with van der Waals surface area (Å²) < 4.78 is 0. The van der Waals surface area contributed by atoms with Gasteiger partial charge in [-0.2, -0.15) is 0 Å². The van der Waals surface area contributed by atoms with E-state index in [0.29, 0.717) is 11.6 Å². The van der Waals surface area contributed by atoms with Crippen LogP contribution in [0.1, 0.15) is 23.2 Å². The molecule has 1 aromatic rings. The van der Waals surface area contributed by atoms with Crippen LogP contribution in [0.15, 0.2) is 18.2 Å². The molecule has 0 radical (unpaired) electrons. The Bertz CT molecular complexity index is 432. The van der Waals surface area contributed by atoms with Gasteiger partial charge in [0.15, 0.2) is 0 Å². The van der Waals surface area contributed by atoms with Crippen molar-refractivity contribution >= 4 is 17.5 Å². The predicted molar refractivity (Wildman–Crippen MR) is 64.3 cm³/mol. The van der Waals surface area contributed by atoms with E-state index in [1.165, 1.54) is 12.1 Å². The van der Waals surface area contributed by atoms with Crippen LogP contribution in [-0.2, 0) is 0 Å². The lowest BCUT2D eigenvalue weighted by Crippen LogP contribution is -2.35. The minimum Gasteiger partial charge on any atom is -0.507 e. The Balaban J connectivity index is 2.22. The van der Waals surface area contributed by atoms with Crippen molar-refractivity contribution in [3.05, 3.63) is 28.8 Å². The Morgan fingerprint density at radius 1 is 1.47 bits per heavy atom. The molecule has 0 bridgehead atoms. The Morgan fingerprint density at radius 2 is 2.18 bits per heavy atom. The zero-order valence-corrected chi connectivity index (χ0v) is 10.0. The molecular formula is C12H14ClNO3. The van der Waals surface area contributed by atoms with E-state index in [0.717, 1.165) is 12.8 Å². The smallest absolute Gasteiger partial charge is 0.257 e. The minimum atomic E-state index is -0.254. The summed E-state index contributed by atoms with van der Waals surface area (Å²) >= 11 is 5.71. The van der Waals surface area contributed by atoms with Crippen LogP contribution in [0.5, 0.6) is 5.75 Å². The molecule has 0 aromatic heterocycles. The van der Waals surface area contributed by atoms with E-state index in [4.69, 9.17) is 16.7 Å². The molecule has 1 saturated carbocycles. The number of aliphatic hydroxyl groups excluding tert-OH is 1. The normalized spacial score (nSPS) is 14.7. The van der Waals surface area contributed by atoms with E-state index in [2.05, 4.69) is 0 Å². The topological polar surface area (TPSA) is 60.8 Å². The second-order valence-electron chi connectivity index (χ2n) is 4.11. The van der Waals surface area contributed by atoms with Gasteiger partial charge in [0.25, 0.3) is 5.91 Å². The zero-order chi connectivity index (χ0) is 12.4. The van der Waals surface area contributed by atoms with E-state index < -0.39 is 0 Å². The zero-order valence-electron chi connectivity index (χ0n) is 9.27. The third-order valence-corrected chi connectivity index (χ3v) is 3.01. The summed E-state index contributed by atoms with van der Waals surface area (Å²) in [6.45, 7) is 0.224. The number of benzene rings is 1. The van der Waals surface area contributed by atoms with Crippen LogP contribution in [0.3, 0.4) is 0 Å². The molecule has 5 heteroatoms. The number of halogens is 1. The Labute approximate surface area is 104 Å². The summed E-state index contributed by atoms with van der Waals surface area (Å²) in [5.74, 6) is -0.373. The van der Waals surface area contributed by atoms with E-state index in [1.807, 2.05) is 0 Å². The lowest BCUT2D eigenvalue weighted by Gasteiger charge is -2.21. The second kappa shape index (κ2) is 4.94. The molecule has 1 aliphatic carbocycles. The van der Waals surface area contributed by atoms with Crippen molar-refractivity contribution < 1.29 is 15.0 Å². The highest BCUT2D eigenvalue weighted by molar-refractivity contribution is 6.30. The SMILES string of the molecule is O=C(c1ccc(Cl)cc1O)N(CCO)C1CC1. The quantitative estimate of drug-likeness (QED) is 0.860. The first-order chi connectivity index (χ1) is 8.13. The van der Waals surface area contributed by atoms with Gasteiger partial charge >= 0.3 is 0 Å². The van der Waals surface area contributed by atoms with Gasteiger partial charge in [0.2, 0.25) is 0 Å². The number of amides is 1. The van der Waals surface area contributed by atoms with Crippen molar-refractivity contribution in [2.45, 2.75) is 18.9 Å². The standard InChI is InChI=1S/C12H14ClNO3/c13-8-1-4-10(11(16)7-8)12(17)14(5-6-15)9-2-3-9/h1,4,7,9,15-16H,2-3,5-6H2. The van der Waals surface area contributed by atoms with Crippen LogP contribution >= 0.6 is 11.6 Å². The van der Waals surface area contributed by atoms with Gasteiger partial charge in [-0.05, 0) is 31.0 Å². The van der Waals surface area contributed by atoms with Gasteiger partial charge < -0.3 is 15.1 Å². The number of hydrogen-bond acceptors (Lipinski definition) is 3. The van der Waals surface area contributed by atoms with Gasteiger partial charge in [-0.3, -0.25) is 4.79 Å². The molecule has 0 saturated heterocycles. The third-order valence-electron chi connectivity index (χ3n) is 2.78. The fraction of sp³-hybridized carbons (Fsp3) is 0.417. The number of rotatable bonds is 4. The molecule has 2 N–H and O–H groups in total. The Morgan fingerprint density at radius 3 is 2.71 bits per heavy atom. The summed E-state index contributed by atoms with van der Waals surface area (Å²) in [7, 11) is 0. The molecule has 1 amide bonds. The van der Waals surface area contributed by atoms with E-state index >= 15 is 0 Å². The molecular weight excluding hydrogens is 242 g/mol. The molecule has 0 atom stereocenters. The van der Waals surface area contributed by atoms with Crippen molar-refractivity contribution in [3.8, 4) is 5.75 Å². The Hall–Kier alpha value is -1.26. The van der Waals surface area contributed by atoms with E-state index in [-0.39, 0.29) is 29.9 Å². The number of hydrogen-bond donors (Lipinski definition) is 2. The lowest BCUT2D eigenvalue weighted by molar-refractivity contribution is 0.0704. The first-order valence-electron chi connectivity index (χ1n) is 5.54. The van der Waals surface area contributed by atoms with Gasteiger partial charge in [-0.15, -0.1) is 0 Å². The maximum Gasteiger partial charge on any atom is 0.257 e. The van der Waals surface area contributed by atoms with Crippen LogP contribution in [0.4, 0.5) is 0 Å².